The predicted molar refractivity (Wildman–Crippen MR) is 83.8 cm³/mol. The number of hydrogen-bond acceptors (Lipinski definition) is 2. The van der Waals surface area contributed by atoms with E-state index in [-0.39, 0.29) is 4.90 Å². The lowest BCUT2D eigenvalue weighted by Crippen LogP contribution is -2.04. The second-order valence-corrected chi connectivity index (χ2v) is 6.34. The highest BCUT2D eigenvalue weighted by atomic mass is 32.2. The van der Waals surface area contributed by atoms with Crippen LogP contribution in [0.2, 0.25) is 0 Å². The molecular weight excluding hydrogens is 288 g/mol. The molecule has 0 spiro atoms. The molecule has 0 heterocycles. The van der Waals surface area contributed by atoms with Crippen molar-refractivity contribution < 1.29 is 8.78 Å². The van der Waals surface area contributed by atoms with E-state index >= 15 is 0 Å². The normalized spacial score (nSPS) is 11.1. The van der Waals surface area contributed by atoms with Crippen molar-refractivity contribution in [2.24, 2.45) is 5.73 Å². The van der Waals surface area contributed by atoms with Crippen LogP contribution in [0.1, 0.15) is 30.9 Å². The monoisotopic (exact) mass is 307 g/mol. The highest BCUT2D eigenvalue weighted by molar-refractivity contribution is 7.99. The van der Waals surface area contributed by atoms with Gasteiger partial charge in [0.1, 0.15) is 11.6 Å². The Labute approximate surface area is 128 Å². The van der Waals surface area contributed by atoms with E-state index in [1.807, 2.05) is 24.3 Å². The quantitative estimate of drug-likeness (QED) is 0.863. The van der Waals surface area contributed by atoms with Gasteiger partial charge in [0.15, 0.2) is 0 Å². The van der Waals surface area contributed by atoms with Gasteiger partial charge in [-0.1, -0.05) is 37.7 Å². The van der Waals surface area contributed by atoms with E-state index in [2.05, 4.69) is 13.8 Å². The summed E-state index contributed by atoms with van der Waals surface area (Å²) < 4.78 is 28.1. The minimum Gasteiger partial charge on any atom is -0.330 e. The minimum atomic E-state index is -0.531. The SMILES string of the molecule is CC(C)c1ccc(Sc2c(F)cc(CCN)cc2F)cc1. The standard InChI is InChI=1S/C17H19F2NS/c1-11(2)13-3-5-14(6-4-13)21-17-15(18)9-12(7-8-20)10-16(17)19/h3-6,9-11H,7-8,20H2,1-2H3. The third kappa shape index (κ3) is 4.05. The lowest BCUT2D eigenvalue weighted by atomic mass is 10.0. The Balaban J connectivity index is 2.23. The van der Waals surface area contributed by atoms with Gasteiger partial charge in [-0.2, -0.15) is 0 Å². The molecule has 0 amide bonds. The van der Waals surface area contributed by atoms with Crippen LogP contribution in [-0.4, -0.2) is 6.54 Å². The maximum absolute atomic E-state index is 14.0. The molecule has 4 heteroatoms. The average Bonchev–Trinajstić information content (AvgIpc) is 2.44. The van der Waals surface area contributed by atoms with Crippen LogP contribution in [-0.2, 0) is 6.42 Å². The molecule has 0 aromatic heterocycles. The number of nitrogens with two attached hydrogens (primary N) is 1. The Kier molecular flexibility index (Phi) is 5.37. The molecule has 112 valence electrons. The Hall–Kier alpha value is -1.39. The molecule has 0 aliphatic rings. The highest BCUT2D eigenvalue weighted by Crippen LogP contribution is 2.33. The molecule has 0 aliphatic carbocycles. The first-order chi connectivity index (χ1) is 10.0. The van der Waals surface area contributed by atoms with Crippen LogP contribution in [0, 0.1) is 11.6 Å². The molecule has 0 atom stereocenters. The molecule has 2 rings (SSSR count). The maximum atomic E-state index is 14.0. The van der Waals surface area contributed by atoms with Crippen molar-refractivity contribution in [2.45, 2.75) is 36.0 Å². The molecule has 2 aromatic rings. The van der Waals surface area contributed by atoms with Gasteiger partial charge in [-0.15, -0.1) is 0 Å². The number of halogens is 2. The second kappa shape index (κ2) is 7.05. The smallest absolute Gasteiger partial charge is 0.140 e. The minimum absolute atomic E-state index is 0.0352. The van der Waals surface area contributed by atoms with Crippen LogP contribution in [0.4, 0.5) is 8.78 Å². The highest BCUT2D eigenvalue weighted by Gasteiger charge is 2.13. The molecule has 0 unspecified atom stereocenters. The van der Waals surface area contributed by atoms with Crippen LogP contribution in [0.3, 0.4) is 0 Å². The Morgan fingerprint density at radius 2 is 1.62 bits per heavy atom. The van der Waals surface area contributed by atoms with E-state index in [0.29, 0.717) is 24.4 Å². The molecule has 2 N–H and O–H groups in total. The molecule has 21 heavy (non-hydrogen) atoms. The summed E-state index contributed by atoms with van der Waals surface area (Å²) in [5.41, 5.74) is 7.21. The average molecular weight is 307 g/mol. The van der Waals surface area contributed by atoms with Crippen LogP contribution in [0.25, 0.3) is 0 Å². The fourth-order valence-corrected chi connectivity index (χ4v) is 2.88. The third-order valence-electron chi connectivity index (χ3n) is 3.26. The van der Waals surface area contributed by atoms with Crippen molar-refractivity contribution in [3.63, 3.8) is 0 Å². The van der Waals surface area contributed by atoms with Crippen LogP contribution in [0.5, 0.6) is 0 Å². The first kappa shape index (κ1) is 16.0. The first-order valence-electron chi connectivity index (χ1n) is 6.97. The van der Waals surface area contributed by atoms with Crippen molar-refractivity contribution >= 4 is 11.8 Å². The fraction of sp³-hybridized carbons (Fsp3) is 0.294. The van der Waals surface area contributed by atoms with E-state index < -0.39 is 11.6 Å². The first-order valence-corrected chi connectivity index (χ1v) is 7.78. The Bertz CT molecular complexity index is 586. The molecule has 0 radical (unpaired) electrons. The zero-order chi connectivity index (χ0) is 15.4. The summed E-state index contributed by atoms with van der Waals surface area (Å²) in [5, 5.41) is 0. The summed E-state index contributed by atoms with van der Waals surface area (Å²) >= 11 is 1.11. The van der Waals surface area contributed by atoms with Gasteiger partial charge in [-0.25, -0.2) is 8.78 Å². The van der Waals surface area contributed by atoms with E-state index in [0.717, 1.165) is 16.7 Å². The van der Waals surface area contributed by atoms with Crippen LogP contribution >= 0.6 is 11.8 Å². The number of benzene rings is 2. The van der Waals surface area contributed by atoms with Crippen molar-refractivity contribution in [3.8, 4) is 0 Å². The van der Waals surface area contributed by atoms with E-state index in [1.54, 1.807) is 0 Å². The third-order valence-corrected chi connectivity index (χ3v) is 4.36. The van der Waals surface area contributed by atoms with E-state index in [4.69, 9.17) is 5.73 Å². The summed E-state index contributed by atoms with van der Waals surface area (Å²) in [7, 11) is 0. The van der Waals surface area contributed by atoms with Gasteiger partial charge in [0.2, 0.25) is 0 Å². The summed E-state index contributed by atoms with van der Waals surface area (Å²) in [6, 6.07) is 10.5. The molecule has 0 bridgehead atoms. The van der Waals surface area contributed by atoms with Crippen molar-refractivity contribution in [1.82, 2.24) is 0 Å². The summed E-state index contributed by atoms with van der Waals surface area (Å²) in [5.74, 6) is -0.624. The molecule has 0 saturated carbocycles. The largest absolute Gasteiger partial charge is 0.330 e. The Morgan fingerprint density at radius 1 is 1.05 bits per heavy atom. The van der Waals surface area contributed by atoms with Crippen molar-refractivity contribution in [3.05, 3.63) is 59.2 Å². The maximum Gasteiger partial charge on any atom is 0.140 e. The van der Waals surface area contributed by atoms with Crippen molar-refractivity contribution in [1.29, 1.82) is 0 Å². The second-order valence-electron chi connectivity index (χ2n) is 5.25. The van der Waals surface area contributed by atoms with Crippen LogP contribution in [0.15, 0.2) is 46.2 Å². The molecule has 0 saturated heterocycles. The fourth-order valence-electron chi connectivity index (χ4n) is 2.06. The topological polar surface area (TPSA) is 26.0 Å². The van der Waals surface area contributed by atoms with E-state index in [1.165, 1.54) is 17.7 Å². The number of rotatable bonds is 5. The molecule has 0 aliphatic heterocycles. The number of hydrogen-bond donors (Lipinski definition) is 1. The van der Waals surface area contributed by atoms with Crippen molar-refractivity contribution in [2.75, 3.05) is 6.54 Å². The van der Waals surface area contributed by atoms with Gasteiger partial charge >= 0.3 is 0 Å². The van der Waals surface area contributed by atoms with Crippen LogP contribution < -0.4 is 5.73 Å². The van der Waals surface area contributed by atoms with Gasteiger partial charge < -0.3 is 5.73 Å². The molecule has 0 fully saturated rings. The van der Waals surface area contributed by atoms with E-state index in [9.17, 15) is 8.78 Å². The van der Waals surface area contributed by atoms with Gasteiger partial charge in [0.05, 0.1) is 4.90 Å². The molecule has 1 nitrogen and oxygen atoms in total. The molecule has 2 aromatic carbocycles. The van der Waals surface area contributed by atoms with Gasteiger partial charge in [0, 0.05) is 4.90 Å². The zero-order valence-electron chi connectivity index (χ0n) is 12.2. The van der Waals surface area contributed by atoms with Gasteiger partial charge in [0.25, 0.3) is 0 Å². The predicted octanol–water partition coefficient (Wildman–Crippen LogP) is 4.74. The van der Waals surface area contributed by atoms with Gasteiger partial charge in [-0.05, 0) is 54.3 Å². The van der Waals surface area contributed by atoms with Gasteiger partial charge in [-0.3, -0.25) is 0 Å². The molecular formula is C17H19F2NS. The summed E-state index contributed by atoms with van der Waals surface area (Å²) in [6.07, 6.45) is 0.474. The lowest BCUT2D eigenvalue weighted by Gasteiger charge is -2.09. The summed E-state index contributed by atoms with van der Waals surface area (Å²) in [6.45, 7) is 4.59. The lowest BCUT2D eigenvalue weighted by molar-refractivity contribution is 0.537. The summed E-state index contributed by atoms with van der Waals surface area (Å²) in [4.78, 5) is 0.858. The zero-order valence-corrected chi connectivity index (χ0v) is 13.0. The Morgan fingerprint density at radius 3 is 2.10 bits per heavy atom.